The number of rotatable bonds is 7. The number of carbonyl (C=O) groups is 1. The van der Waals surface area contributed by atoms with Crippen LogP contribution < -0.4 is 4.31 Å². The van der Waals surface area contributed by atoms with Crippen molar-refractivity contribution in [1.29, 1.82) is 0 Å². The molecule has 1 atom stereocenters. The molecule has 1 aliphatic heterocycles. The number of anilines is 1. The van der Waals surface area contributed by atoms with Crippen LogP contribution >= 0.6 is 22.7 Å². The quantitative estimate of drug-likeness (QED) is 0.262. The van der Waals surface area contributed by atoms with Crippen LogP contribution in [-0.4, -0.2) is 71.9 Å². The van der Waals surface area contributed by atoms with Gasteiger partial charge in [-0.25, -0.2) is 18.2 Å². The van der Waals surface area contributed by atoms with Crippen molar-refractivity contribution in [3.8, 4) is 10.7 Å². The van der Waals surface area contributed by atoms with Crippen LogP contribution in [0.5, 0.6) is 0 Å². The van der Waals surface area contributed by atoms with E-state index in [4.69, 9.17) is 9.90 Å². The lowest BCUT2D eigenvalue weighted by atomic mass is 10.0. The third-order valence-corrected chi connectivity index (χ3v) is 10.6. The van der Waals surface area contributed by atoms with E-state index in [2.05, 4.69) is 14.9 Å². The number of nitrogens with one attached hydrogen (secondary N) is 1. The number of aromatic amines is 1. The Labute approximate surface area is 236 Å². The summed E-state index contributed by atoms with van der Waals surface area (Å²) in [6, 6.07) is 11.3. The van der Waals surface area contributed by atoms with Crippen LogP contribution in [0.25, 0.3) is 21.6 Å². The number of thiophene rings is 1. The van der Waals surface area contributed by atoms with Crippen molar-refractivity contribution in [2.75, 3.05) is 24.5 Å². The highest BCUT2D eigenvalue weighted by Gasteiger charge is 2.38. The van der Waals surface area contributed by atoms with Gasteiger partial charge in [0.2, 0.25) is 0 Å². The molecule has 1 saturated heterocycles. The van der Waals surface area contributed by atoms with Gasteiger partial charge in [0.15, 0.2) is 0 Å². The van der Waals surface area contributed by atoms with E-state index in [9.17, 15) is 26.7 Å². The molecule has 3 N–H and O–H groups in total. The fourth-order valence-corrected chi connectivity index (χ4v) is 7.65. The zero-order chi connectivity index (χ0) is 29.1. The number of fused-ring (bicyclic) bond motifs is 1. The number of alkyl halides is 3. The van der Waals surface area contributed by atoms with Gasteiger partial charge in [0.05, 0.1) is 23.5 Å². The van der Waals surface area contributed by atoms with Crippen LogP contribution in [0.4, 0.5) is 18.9 Å². The van der Waals surface area contributed by atoms with Gasteiger partial charge in [0, 0.05) is 36.1 Å². The molecule has 3 aromatic heterocycles. The molecule has 4 aromatic rings. The Hall–Kier alpha value is -2.98. The average Bonchev–Trinajstić information content (AvgIpc) is 3.69. The second kappa shape index (κ2) is 12.3. The molecular weight excluding hydrogens is 589 g/mol. The fourth-order valence-electron chi connectivity index (χ4n) is 4.37. The minimum absolute atomic E-state index is 0.193. The number of carboxylic acids is 1. The highest BCUT2D eigenvalue weighted by atomic mass is 32.2. The van der Waals surface area contributed by atoms with Gasteiger partial charge < -0.3 is 15.2 Å². The van der Waals surface area contributed by atoms with Crippen LogP contribution in [0.15, 0.2) is 52.2 Å². The number of benzene rings is 1. The number of H-pyrrole nitrogens is 1. The maximum absolute atomic E-state index is 13.0. The van der Waals surface area contributed by atoms with Crippen LogP contribution in [-0.2, 0) is 21.4 Å². The molecular formula is C25H27F3N4O5S3. The molecule has 0 bridgehead atoms. The number of piperidine rings is 1. The van der Waals surface area contributed by atoms with Gasteiger partial charge in [0.25, 0.3) is 10.0 Å². The van der Waals surface area contributed by atoms with E-state index in [-0.39, 0.29) is 12.6 Å². The van der Waals surface area contributed by atoms with Crippen molar-refractivity contribution in [2.45, 2.75) is 42.2 Å². The number of hydrogen-bond acceptors (Lipinski definition) is 8. The number of sulfonamides is 1. The highest BCUT2D eigenvalue weighted by Crippen LogP contribution is 2.35. The Kier molecular flexibility index (Phi) is 9.19. The number of hydrogen-bond donors (Lipinski definition) is 3. The lowest BCUT2D eigenvalue weighted by molar-refractivity contribution is -0.192. The van der Waals surface area contributed by atoms with Gasteiger partial charge in [0.1, 0.15) is 9.22 Å². The molecule has 0 saturated carbocycles. The topological polar surface area (TPSA) is 127 Å². The Morgan fingerprint density at radius 1 is 1.25 bits per heavy atom. The first-order valence-electron chi connectivity index (χ1n) is 12.2. The van der Waals surface area contributed by atoms with Crippen LogP contribution in [0, 0.1) is 0 Å². The van der Waals surface area contributed by atoms with Crippen molar-refractivity contribution in [3.63, 3.8) is 0 Å². The monoisotopic (exact) mass is 616 g/mol. The van der Waals surface area contributed by atoms with E-state index >= 15 is 0 Å². The van der Waals surface area contributed by atoms with E-state index in [1.807, 2.05) is 30.5 Å². The van der Waals surface area contributed by atoms with E-state index in [0.29, 0.717) is 9.90 Å². The average molecular weight is 617 g/mol. The van der Waals surface area contributed by atoms with E-state index in [1.54, 1.807) is 35.9 Å². The summed E-state index contributed by atoms with van der Waals surface area (Å²) in [4.78, 5) is 20.4. The second-order valence-corrected chi connectivity index (χ2v) is 13.3. The maximum Gasteiger partial charge on any atom is 0.490 e. The first-order valence-corrected chi connectivity index (χ1v) is 15.3. The molecule has 15 heteroatoms. The van der Waals surface area contributed by atoms with Gasteiger partial charge in [-0.05, 0) is 43.0 Å². The van der Waals surface area contributed by atoms with Crippen LogP contribution in [0.2, 0.25) is 0 Å². The summed E-state index contributed by atoms with van der Waals surface area (Å²) in [5, 5.41) is 20.4. The number of aliphatic carboxylic acids is 1. The highest BCUT2D eigenvalue weighted by molar-refractivity contribution is 7.94. The molecule has 0 amide bonds. The van der Waals surface area contributed by atoms with Crippen molar-refractivity contribution < 1.29 is 36.6 Å². The van der Waals surface area contributed by atoms with Gasteiger partial charge in [-0.3, -0.25) is 9.21 Å². The van der Waals surface area contributed by atoms with Crippen molar-refractivity contribution in [3.05, 3.63) is 52.9 Å². The molecule has 40 heavy (non-hydrogen) atoms. The smallest absolute Gasteiger partial charge is 0.475 e. The number of nitrogens with zero attached hydrogens (tertiary/aromatic N) is 3. The van der Waals surface area contributed by atoms with Crippen molar-refractivity contribution in [1.82, 2.24) is 14.9 Å². The summed E-state index contributed by atoms with van der Waals surface area (Å²) in [7, 11) is -2.04. The van der Waals surface area contributed by atoms with Gasteiger partial charge in [-0.15, -0.1) is 22.7 Å². The van der Waals surface area contributed by atoms with Crippen LogP contribution in [0.1, 0.15) is 24.1 Å². The maximum atomic E-state index is 13.0. The summed E-state index contributed by atoms with van der Waals surface area (Å²) >= 11 is 2.84. The molecule has 216 valence electrons. The molecule has 9 nitrogen and oxygen atoms in total. The zero-order valence-electron chi connectivity index (χ0n) is 21.3. The Morgan fingerprint density at radius 3 is 2.65 bits per heavy atom. The normalized spacial score (nSPS) is 16.5. The Bertz CT molecular complexity index is 1550. The third-order valence-electron chi connectivity index (χ3n) is 6.43. The molecule has 5 rings (SSSR count). The Morgan fingerprint density at radius 2 is 2.00 bits per heavy atom. The molecule has 1 fully saturated rings. The lowest BCUT2D eigenvalue weighted by Gasteiger charge is -2.34. The molecule has 0 aliphatic carbocycles. The summed E-state index contributed by atoms with van der Waals surface area (Å²) in [5.41, 5.74) is 2.24. The Balaban J connectivity index is 0.000000470. The predicted molar refractivity (Wildman–Crippen MR) is 148 cm³/mol. The molecule has 1 unspecified atom stereocenters. The van der Waals surface area contributed by atoms with E-state index in [0.717, 1.165) is 52.4 Å². The minimum Gasteiger partial charge on any atom is -0.475 e. The number of para-hydroxylation sites is 1. The predicted octanol–water partition coefficient (Wildman–Crippen LogP) is 5.16. The van der Waals surface area contributed by atoms with E-state index in [1.165, 1.54) is 22.1 Å². The van der Waals surface area contributed by atoms with Gasteiger partial charge in [-0.1, -0.05) is 24.6 Å². The fraction of sp³-hybridized carbons (Fsp3) is 0.360. The zero-order valence-corrected chi connectivity index (χ0v) is 23.7. The molecule has 1 aromatic carbocycles. The number of carboxylic acid groups (broad SMARTS) is 1. The third kappa shape index (κ3) is 6.66. The summed E-state index contributed by atoms with van der Waals surface area (Å²) in [6.07, 6.45) is 0.191. The first-order chi connectivity index (χ1) is 18.9. The summed E-state index contributed by atoms with van der Waals surface area (Å²) in [5.74, 6) is -2.76. The molecule has 1 aliphatic rings. The van der Waals surface area contributed by atoms with Crippen molar-refractivity contribution >= 4 is 55.3 Å². The largest absolute Gasteiger partial charge is 0.490 e. The SMILES string of the molecule is CN(c1cccc2cc(-c3ncc(CN4CCCCC4CO)s3)[nH]c12)S(=O)(=O)c1cccs1.O=C(O)C(F)(F)F. The first kappa shape index (κ1) is 30.0. The van der Waals surface area contributed by atoms with Crippen molar-refractivity contribution in [2.24, 2.45) is 0 Å². The molecule has 0 spiro atoms. The number of aliphatic hydroxyl groups excluding tert-OH is 1. The van der Waals surface area contributed by atoms with Crippen LogP contribution in [0.3, 0.4) is 0 Å². The summed E-state index contributed by atoms with van der Waals surface area (Å²) < 4.78 is 59.5. The van der Waals surface area contributed by atoms with Gasteiger partial charge in [-0.2, -0.15) is 13.2 Å². The second-order valence-electron chi connectivity index (χ2n) is 9.07. The minimum atomic E-state index is -5.08. The summed E-state index contributed by atoms with van der Waals surface area (Å²) in [6.45, 7) is 1.98. The van der Waals surface area contributed by atoms with Gasteiger partial charge >= 0.3 is 12.1 Å². The lowest BCUT2D eigenvalue weighted by Crippen LogP contribution is -2.40. The molecule has 4 heterocycles. The number of aromatic nitrogens is 2. The molecule has 0 radical (unpaired) electrons. The number of halogens is 3. The number of aliphatic hydroxyl groups is 1. The number of thiazole rings is 1. The standard InChI is InChI=1S/C23H26N4O3S3.C2HF3O2/c1-26(33(29,30)21-9-5-11-31-21)20-8-4-6-16-12-19(25-22(16)20)23-24-13-18(32-23)14-27-10-3-2-7-17(27)15-28;3-2(4,5)1(6)7/h4-6,8-9,11-13,17,25,28H,2-3,7,10,14-15H2,1H3;(H,6,7). The number of likely N-dealkylation sites (tertiary alicyclic amines) is 1. The van der Waals surface area contributed by atoms with E-state index < -0.39 is 22.2 Å².